The maximum Gasteiger partial charge on any atom is 0.234 e. The molecule has 0 rings (SSSR count). The highest BCUT2D eigenvalue weighted by Gasteiger charge is 1.95. The molecule has 0 aromatic rings. The number of carbonyl (C=O) groups excluding carboxylic acids is 1. The first kappa shape index (κ1) is 7.86. The summed E-state index contributed by atoms with van der Waals surface area (Å²) >= 11 is 3.31. The Bertz CT molecular complexity index is 98.6. The molecule has 1 unspecified atom stereocenters. The Hall–Kier alpha value is -0.140. The third-order valence-corrected chi connectivity index (χ3v) is 1.73. The predicted octanol–water partition coefficient (Wildman–Crippen LogP) is 1.50. The molecule has 0 saturated carbocycles. The smallest absolute Gasteiger partial charge is 0.211 e. The Balaban J connectivity index is 3.23. The fourth-order valence-electron chi connectivity index (χ4n) is 0.265. The first-order valence-electron chi connectivity index (χ1n) is 2.49. The van der Waals surface area contributed by atoms with E-state index >= 15 is 0 Å². The predicted molar refractivity (Wildman–Crippen MR) is 36.0 cm³/mol. The minimum Gasteiger partial charge on any atom is -0.211 e. The van der Waals surface area contributed by atoms with Gasteiger partial charge in [-0.2, -0.15) is 0 Å². The van der Waals surface area contributed by atoms with E-state index in [2.05, 4.69) is 20.9 Å². The molecule has 0 bridgehead atoms. The quantitative estimate of drug-likeness (QED) is 0.365. The van der Waals surface area contributed by atoms with Crippen LogP contribution in [0.2, 0.25) is 0 Å². The standard InChI is InChI=1S/C5H8BrNO/c1-2-5(6)3-7-4-8/h5H,2-3H2,1H3. The highest BCUT2D eigenvalue weighted by atomic mass is 79.9. The molecule has 0 aromatic carbocycles. The van der Waals surface area contributed by atoms with Crippen molar-refractivity contribution >= 4 is 22.0 Å². The lowest BCUT2D eigenvalue weighted by Gasteiger charge is -1.96. The van der Waals surface area contributed by atoms with Gasteiger partial charge in [0, 0.05) is 4.83 Å². The Morgan fingerprint density at radius 1 is 1.88 bits per heavy atom. The van der Waals surface area contributed by atoms with Crippen molar-refractivity contribution in [2.45, 2.75) is 18.2 Å². The van der Waals surface area contributed by atoms with Gasteiger partial charge >= 0.3 is 0 Å². The molecule has 46 valence electrons. The van der Waals surface area contributed by atoms with Gasteiger partial charge in [-0.1, -0.05) is 22.9 Å². The van der Waals surface area contributed by atoms with E-state index in [0.29, 0.717) is 11.4 Å². The summed E-state index contributed by atoms with van der Waals surface area (Å²) in [6.45, 7) is 2.57. The van der Waals surface area contributed by atoms with Crippen molar-refractivity contribution < 1.29 is 4.79 Å². The van der Waals surface area contributed by atoms with E-state index in [4.69, 9.17) is 0 Å². The zero-order valence-corrected chi connectivity index (χ0v) is 6.31. The maximum absolute atomic E-state index is 9.51. The molecule has 0 aliphatic carbocycles. The van der Waals surface area contributed by atoms with Crippen LogP contribution in [0.15, 0.2) is 4.99 Å². The van der Waals surface area contributed by atoms with E-state index in [1.807, 2.05) is 6.92 Å². The molecule has 0 N–H and O–H groups in total. The van der Waals surface area contributed by atoms with Crippen molar-refractivity contribution in [1.29, 1.82) is 0 Å². The summed E-state index contributed by atoms with van der Waals surface area (Å²) in [5.74, 6) is 0. The minimum atomic E-state index is 0.337. The van der Waals surface area contributed by atoms with Crippen LogP contribution in [-0.2, 0) is 4.79 Å². The minimum absolute atomic E-state index is 0.337. The molecule has 3 heteroatoms. The molecule has 0 amide bonds. The van der Waals surface area contributed by atoms with Crippen LogP contribution in [0.4, 0.5) is 0 Å². The molecule has 0 fully saturated rings. The topological polar surface area (TPSA) is 29.4 Å². The van der Waals surface area contributed by atoms with Gasteiger partial charge in [0.2, 0.25) is 6.08 Å². The normalized spacial score (nSPS) is 12.2. The van der Waals surface area contributed by atoms with Crippen LogP contribution in [0.5, 0.6) is 0 Å². The maximum atomic E-state index is 9.51. The van der Waals surface area contributed by atoms with Gasteiger partial charge in [-0.3, -0.25) is 0 Å². The average molecular weight is 178 g/mol. The van der Waals surface area contributed by atoms with Gasteiger partial charge < -0.3 is 0 Å². The van der Waals surface area contributed by atoms with Crippen LogP contribution in [0.25, 0.3) is 0 Å². The Morgan fingerprint density at radius 2 is 2.50 bits per heavy atom. The summed E-state index contributed by atoms with van der Waals surface area (Å²) < 4.78 is 0. The third kappa shape index (κ3) is 4.03. The highest BCUT2D eigenvalue weighted by molar-refractivity contribution is 9.09. The Morgan fingerprint density at radius 3 is 2.88 bits per heavy atom. The summed E-state index contributed by atoms with van der Waals surface area (Å²) in [5, 5.41) is 0. The summed E-state index contributed by atoms with van der Waals surface area (Å²) in [7, 11) is 0. The number of alkyl halides is 1. The zero-order chi connectivity index (χ0) is 6.41. The number of isocyanates is 1. The lowest BCUT2D eigenvalue weighted by molar-refractivity contribution is 0.562. The van der Waals surface area contributed by atoms with Crippen LogP contribution in [0.3, 0.4) is 0 Å². The monoisotopic (exact) mass is 177 g/mol. The summed E-state index contributed by atoms with van der Waals surface area (Å²) in [6, 6.07) is 0. The summed E-state index contributed by atoms with van der Waals surface area (Å²) in [5.41, 5.74) is 0. The van der Waals surface area contributed by atoms with Crippen molar-refractivity contribution in [2.75, 3.05) is 6.54 Å². The Kier molecular flexibility index (Phi) is 4.92. The van der Waals surface area contributed by atoms with E-state index < -0.39 is 0 Å². The SMILES string of the molecule is CCC(Br)CN=C=O. The van der Waals surface area contributed by atoms with Crippen molar-refractivity contribution in [2.24, 2.45) is 4.99 Å². The van der Waals surface area contributed by atoms with E-state index in [1.165, 1.54) is 6.08 Å². The van der Waals surface area contributed by atoms with Crippen molar-refractivity contribution in [3.05, 3.63) is 0 Å². The van der Waals surface area contributed by atoms with Gasteiger partial charge in [-0.05, 0) is 6.42 Å². The molecule has 0 aliphatic rings. The van der Waals surface area contributed by atoms with Gasteiger partial charge in [0.05, 0.1) is 6.54 Å². The second-order valence-electron chi connectivity index (χ2n) is 1.44. The largest absolute Gasteiger partial charge is 0.234 e. The van der Waals surface area contributed by atoms with Gasteiger partial charge in [0.1, 0.15) is 0 Å². The molecule has 0 heterocycles. The molecule has 0 radical (unpaired) electrons. The van der Waals surface area contributed by atoms with Crippen LogP contribution in [0, 0.1) is 0 Å². The molecule has 0 saturated heterocycles. The Labute approximate surface area is 57.1 Å². The number of nitrogens with zero attached hydrogens (tertiary/aromatic N) is 1. The second-order valence-corrected chi connectivity index (χ2v) is 2.73. The van der Waals surface area contributed by atoms with Crippen LogP contribution in [-0.4, -0.2) is 17.5 Å². The molecule has 0 aromatic heterocycles. The molecular formula is C5H8BrNO. The van der Waals surface area contributed by atoms with Gasteiger partial charge in [-0.25, -0.2) is 9.79 Å². The number of hydrogen-bond donors (Lipinski definition) is 0. The molecule has 0 aliphatic heterocycles. The number of aliphatic imine (C=N–C) groups is 1. The summed E-state index contributed by atoms with van der Waals surface area (Å²) in [4.78, 5) is 13.2. The number of rotatable bonds is 3. The van der Waals surface area contributed by atoms with Crippen LogP contribution < -0.4 is 0 Å². The van der Waals surface area contributed by atoms with E-state index in [9.17, 15) is 4.79 Å². The molecule has 1 atom stereocenters. The zero-order valence-electron chi connectivity index (χ0n) is 4.72. The van der Waals surface area contributed by atoms with Gasteiger partial charge in [0.25, 0.3) is 0 Å². The molecular weight excluding hydrogens is 170 g/mol. The molecule has 0 spiro atoms. The van der Waals surface area contributed by atoms with E-state index in [0.717, 1.165) is 6.42 Å². The highest BCUT2D eigenvalue weighted by Crippen LogP contribution is 2.02. The van der Waals surface area contributed by atoms with Gasteiger partial charge in [-0.15, -0.1) is 0 Å². The van der Waals surface area contributed by atoms with Crippen molar-refractivity contribution in [3.8, 4) is 0 Å². The number of halogens is 1. The molecule has 8 heavy (non-hydrogen) atoms. The lowest BCUT2D eigenvalue weighted by Crippen LogP contribution is -1.98. The van der Waals surface area contributed by atoms with Gasteiger partial charge in [0.15, 0.2) is 0 Å². The third-order valence-electron chi connectivity index (χ3n) is 0.797. The first-order valence-corrected chi connectivity index (χ1v) is 3.40. The first-order chi connectivity index (χ1) is 3.81. The average Bonchev–Trinajstić information content (AvgIpc) is 1.83. The van der Waals surface area contributed by atoms with Crippen molar-refractivity contribution in [1.82, 2.24) is 0 Å². The van der Waals surface area contributed by atoms with E-state index in [1.54, 1.807) is 0 Å². The van der Waals surface area contributed by atoms with E-state index in [-0.39, 0.29) is 0 Å². The van der Waals surface area contributed by atoms with Crippen LogP contribution >= 0.6 is 15.9 Å². The lowest BCUT2D eigenvalue weighted by atomic mass is 10.3. The summed E-state index contributed by atoms with van der Waals surface area (Å²) in [6.07, 6.45) is 2.47. The number of hydrogen-bond acceptors (Lipinski definition) is 2. The fraction of sp³-hybridized carbons (Fsp3) is 0.800. The fourth-order valence-corrected chi connectivity index (χ4v) is 0.410. The molecule has 2 nitrogen and oxygen atoms in total. The van der Waals surface area contributed by atoms with Crippen molar-refractivity contribution in [3.63, 3.8) is 0 Å². The second kappa shape index (κ2) is 5.01. The van der Waals surface area contributed by atoms with Crippen LogP contribution in [0.1, 0.15) is 13.3 Å².